The maximum Gasteiger partial charge on any atom is 0.141 e. The summed E-state index contributed by atoms with van der Waals surface area (Å²) in [6.45, 7) is 2.88. The van der Waals surface area contributed by atoms with Crippen LogP contribution in [0.4, 0.5) is 0 Å². The highest BCUT2D eigenvalue weighted by Crippen LogP contribution is 2.26. The normalized spacial score (nSPS) is 14.8. The Hall–Kier alpha value is -1.13. The van der Waals surface area contributed by atoms with Crippen LogP contribution in [0.25, 0.3) is 11.4 Å². The molecule has 4 heteroatoms. The molecule has 1 aromatic carbocycles. The van der Waals surface area contributed by atoms with Crippen LogP contribution in [-0.4, -0.2) is 16.1 Å². The van der Waals surface area contributed by atoms with E-state index in [0.717, 1.165) is 30.1 Å². The minimum atomic E-state index is 0.889. The number of hydrogen-bond donors (Lipinski definition) is 1. The summed E-state index contributed by atoms with van der Waals surface area (Å²) in [5.41, 5.74) is 2.42. The zero-order valence-corrected chi connectivity index (χ0v) is 10.4. The highest BCUT2D eigenvalue weighted by atomic mass is 79.9. The Morgan fingerprint density at radius 2 is 2.06 bits per heavy atom. The van der Waals surface area contributed by atoms with Gasteiger partial charge in [-0.25, -0.2) is 4.98 Å². The lowest BCUT2D eigenvalue weighted by Crippen LogP contribution is -2.28. The largest absolute Gasteiger partial charge is 0.325 e. The first kappa shape index (κ1) is 10.1. The van der Waals surface area contributed by atoms with Crippen molar-refractivity contribution in [2.45, 2.75) is 13.1 Å². The summed E-state index contributed by atoms with van der Waals surface area (Å²) >= 11 is 3.53. The van der Waals surface area contributed by atoms with Crippen LogP contribution in [0.3, 0.4) is 0 Å². The van der Waals surface area contributed by atoms with Gasteiger partial charge in [-0.05, 0) is 15.9 Å². The van der Waals surface area contributed by atoms with E-state index >= 15 is 0 Å². The van der Waals surface area contributed by atoms with Gasteiger partial charge in [-0.3, -0.25) is 0 Å². The Morgan fingerprint density at radius 3 is 2.88 bits per heavy atom. The Bertz CT molecular complexity index is 504. The van der Waals surface area contributed by atoms with Gasteiger partial charge in [-0.2, -0.15) is 0 Å². The number of benzene rings is 1. The van der Waals surface area contributed by atoms with Gasteiger partial charge < -0.3 is 9.88 Å². The van der Waals surface area contributed by atoms with E-state index in [1.165, 1.54) is 11.3 Å². The lowest BCUT2D eigenvalue weighted by Gasteiger charge is -2.17. The zero-order valence-electron chi connectivity index (χ0n) is 8.78. The molecule has 0 fully saturated rings. The van der Waals surface area contributed by atoms with Gasteiger partial charge in [0.1, 0.15) is 10.4 Å². The molecule has 0 saturated heterocycles. The molecule has 82 valence electrons. The molecule has 1 N–H and O–H groups in total. The van der Waals surface area contributed by atoms with Crippen molar-refractivity contribution >= 4 is 15.9 Å². The first-order valence-corrected chi connectivity index (χ1v) is 6.16. The third kappa shape index (κ3) is 1.58. The summed E-state index contributed by atoms with van der Waals surface area (Å²) < 4.78 is 3.24. The number of nitrogens with zero attached hydrogens (tertiary/aromatic N) is 2. The molecule has 1 aromatic heterocycles. The van der Waals surface area contributed by atoms with Gasteiger partial charge in [-0.1, -0.05) is 30.3 Å². The Morgan fingerprint density at radius 1 is 1.25 bits per heavy atom. The Labute approximate surface area is 103 Å². The minimum absolute atomic E-state index is 0.889. The van der Waals surface area contributed by atoms with Crippen LogP contribution in [-0.2, 0) is 13.1 Å². The van der Waals surface area contributed by atoms with E-state index in [9.17, 15) is 0 Å². The maximum atomic E-state index is 4.60. The molecule has 2 aromatic rings. The van der Waals surface area contributed by atoms with Crippen molar-refractivity contribution in [2.24, 2.45) is 0 Å². The first-order valence-electron chi connectivity index (χ1n) is 5.37. The van der Waals surface area contributed by atoms with Crippen molar-refractivity contribution in [1.82, 2.24) is 14.9 Å². The molecule has 0 aliphatic carbocycles. The molecule has 1 aliphatic heterocycles. The first-order chi connectivity index (χ1) is 7.86. The third-order valence-corrected chi connectivity index (χ3v) is 3.50. The molecule has 1 aliphatic rings. The molecule has 0 unspecified atom stereocenters. The van der Waals surface area contributed by atoms with E-state index in [4.69, 9.17) is 0 Å². The third-order valence-electron chi connectivity index (χ3n) is 2.86. The molecule has 0 amide bonds. The molecule has 0 spiro atoms. The molecule has 2 heterocycles. The van der Waals surface area contributed by atoms with E-state index in [1.807, 2.05) is 18.2 Å². The highest BCUT2D eigenvalue weighted by molar-refractivity contribution is 9.10. The van der Waals surface area contributed by atoms with Gasteiger partial charge >= 0.3 is 0 Å². The number of aromatic nitrogens is 2. The van der Waals surface area contributed by atoms with Crippen molar-refractivity contribution in [2.75, 3.05) is 6.54 Å². The summed E-state index contributed by atoms with van der Waals surface area (Å²) in [5.74, 6) is 1.06. The number of rotatable bonds is 1. The van der Waals surface area contributed by atoms with Gasteiger partial charge in [0.15, 0.2) is 0 Å². The molecule has 0 bridgehead atoms. The van der Waals surface area contributed by atoms with Crippen molar-refractivity contribution in [3.8, 4) is 11.4 Å². The number of hydrogen-bond acceptors (Lipinski definition) is 2. The summed E-state index contributed by atoms with van der Waals surface area (Å²) in [6, 6.07) is 10.3. The van der Waals surface area contributed by atoms with Crippen LogP contribution in [0.1, 0.15) is 5.69 Å². The Kier molecular flexibility index (Phi) is 2.53. The fourth-order valence-electron chi connectivity index (χ4n) is 2.07. The van der Waals surface area contributed by atoms with Crippen molar-refractivity contribution in [1.29, 1.82) is 0 Å². The highest BCUT2D eigenvalue weighted by Gasteiger charge is 2.18. The van der Waals surface area contributed by atoms with Crippen LogP contribution in [0.5, 0.6) is 0 Å². The minimum Gasteiger partial charge on any atom is -0.325 e. The number of fused-ring (bicyclic) bond motifs is 1. The molecule has 0 atom stereocenters. The summed E-state index contributed by atoms with van der Waals surface area (Å²) in [7, 11) is 0. The van der Waals surface area contributed by atoms with E-state index in [2.05, 4.69) is 42.9 Å². The van der Waals surface area contributed by atoms with E-state index in [-0.39, 0.29) is 0 Å². The lowest BCUT2D eigenvalue weighted by molar-refractivity contribution is 0.518. The van der Waals surface area contributed by atoms with Crippen LogP contribution in [0, 0.1) is 0 Å². The van der Waals surface area contributed by atoms with Gasteiger partial charge in [0.2, 0.25) is 0 Å². The van der Waals surface area contributed by atoms with Gasteiger partial charge in [0.25, 0.3) is 0 Å². The number of halogens is 1. The Balaban J connectivity index is 2.15. The molecule has 16 heavy (non-hydrogen) atoms. The van der Waals surface area contributed by atoms with Crippen molar-refractivity contribution < 1.29 is 0 Å². The number of nitrogens with one attached hydrogen (secondary N) is 1. The second kappa shape index (κ2) is 4.03. The monoisotopic (exact) mass is 277 g/mol. The topological polar surface area (TPSA) is 29.9 Å². The van der Waals surface area contributed by atoms with Crippen LogP contribution in [0.2, 0.25) is 0 Å². The SMILES string of the molecule is Brc1nc(-c2ccccc2)n2c1CNCC2. The van der Waals surface area contributed by atoms with Crippen LogP contribution in [0.15, 0.2) is 34.9 Å². The molecular weight excluding hydrogens is 266 g/mol. The second-order valence-electron chi connectivity index (χ2n) is 3.87. The molecule has 3 rings (SSSR count). The molecule has 0 radical (unpaired) electrons. The van der Waals surface area contributed by atoms with Gasteiger partial charge in [0.05, 0.1) is 5.69 Å². The second-order valence-corrected chi connectivity index (χ2v) is 4.62. The van der Waals surface area contributed by atoms with Gasteiger partial charge in [0, 0.05) is 25.2 Å². The van der Waals surface area contributed by atoms with E-state index in [0.29, 0.717) is 0 Å². The van der Waals surface area contributed by atoms with Gasteiger partial charge in [-0.15, -0.1) is 0 Å². The van der Waals surface area contributed by atoms with E-state index in [1.54, 1.807) is 0 Å². The predicted octanol–water partition coefficient (Wildman–Crippen LogP) is 2.42. The fourth-order valence-corrected chi connectivity index (χ4v) is 2.59. The smallest absolute Gasteiger partial charge is 0.141 e. The fraction of sp³-hybridized carbons (Fsp3) is 0.250. The summed E-state index contributed by atoms with van der Waals surface area (Å²) in [6.07, 6.45) is 0. The van der Waals surface area contributed by atoms with Crippen molar-refractivity contribution in [3.05, 3.63) is 40.6 Å². The van der Waals surface area contributed by atoms with Crippen LogP contribution >= 0.6 is 15.9 Å². The zero-order chi connectivity index (χ0) is 11.0. The average molecular weight is 278 g/mol. The standard InChI is InChI=1S/C12H12BrN3/c13-11-10-8-14-6-7-16(10)12(15-11)9-4-2-1-3-5-9/h1-5,14H,6-8H2. The predicted molar refractivity (Wildman–Crippen MR) is 67.1 cm³/mol. The van der Waals surface area contributed by atoms with E-state index < -0.39 is 0 Å². The quantitative estimate of drug-likeness (QED) is 0.868. The maximum absolute atomic E-state index is 4.60. The number of imidazole rings is 1. The molecule has 3 nitrogen and oxygen atoms in total. The lowest BCUT2D eigenvalue weighted by atomic mass is 10.2. The van der Waals surface area contributed by atoms with Crippen molar-refractivity contribution in [3.63, 3.8) is 0 Å². The summed E-state index contributed by atoms with van der Waals surface area (Å²) in [5, 5.41) is 3.36. The van der Waals surface area contributed by atoms with Crippen LogP contribution < -0.4 is 5.32 Å². The summed E-state index contributed by atoms with van der Waals surface area (Å²) in [4.78, 5) is 4.60. The molecular formula is C12H12BrN3. The average Bonchev–Trinajstić information content (AvgIpc) is 2.69. The molecule has 0 saturated carbocycles.